The van der Waals surface area contributed by atoms with E-state index in [1.165, 1.54) is 0 Å². The Bertz CT molecular complexity index is 1190. The van der Waals surface area contributed by atoms with E-state index in [1.54, 1.807) is 16.9 Å². The third kappa shape index (κ3) is 2.67. The Morgan fingerprint density at radius 3 is 2.74 bits per heavy atom. The molecule has 6 nitrogen and oxygen atoms in total. The number of fused-ring (bicyclic) bond motifs is 2. The van der Waals surface area contributed by atoms with Gasteiger partial charge >= 0.3 is 0 Å². The van der Waals surface area contributed by atoms with Gasteiger partial charge in [0.2, 0.25) is 5.91 Å². The summed E-state index contributed by atoms with van der Waals surface area (Å²) in [5.74, 6) is -0.118. The van der Waals surface area contributed by atoms with Gasteiger partial charge in [-0.1, -0.05) is 36.4 Å². The number of benzodiazepines with no additional fused rings is 1. The first kappa shape index (κ1) is 15.5. The maximum absolute atomic E-state index is 12.1. The maximum atomic E-state index is 12.1. The van der Waals surface area contributed by atoms with Gasteiger partial charge in [-0.2, -0.15) is 5.10 Å². The minimum absolute atomic E-state index is 0.104. The lowest BCUT2D eigenvalue weighted by molar-refractivity contribution is -0.114. The zero-order valence-corrected chi connectivity index (χ0v) is 14.3. The van der Waals surface area contributed by atoms with Gasteiger partial charge in [-0.3, -0.25) is 9.79 Å². The van der Waals surface area contributed by atoms with Crippen LogP contribution in [0.4, 0.5) is 5.69 Å². The molecule has 27 heavy (non-hydrogen) atoms. The lowest BCUT2D eigenvalue weighted by atomic mass is 9.97. The summed E-state index contributed by atoms with van der Waals surface area (Å²) in [6, 6.07) is 17.7. The van der Waals surface area contributed by atoms with Crippen molar-refractivity contribution in [2.24, 2.45) is 4.99 Å². The number of benzene rings is 2. The third-order valence-electron chi connectivity index (χ3n) is 4.57. The molecule has 0 bridgehead atoms. The van der Waals surface area contributed by atoms with Crippen LogP contribution in [0.2, 0.25) is 0 Å². The van der Waals surface area contributed by atoms with Gasteiger partial charge in [0.25, 0.3) is 0 Å². The van der Waals surface area contributed by atoms with Crippen molar-refractivity contribution in [3.63, 3.8) is 0 Å². The topological polar surface area (TPSA) is 71.7 Å². The minimum atomic E-state index is -0.118. The number of anilines is 1. The van der Waals surface area contributed by atoms with Gasteiger partial charge in [-0.25, -0.2) is 9.50 Å². The molecule has 1 N–H and O–H groups in total. The lowest BCUT2D eigenvalue weighted by Gasteiger charge is -2.12. The van der Waals surface area contributed by atoms with E-state index in [9.17, 15) is 4.79 Å². The summed E-state index contributed by atoms with van der Waals surface area (Å²) in [4.78, 5) is 21.1. The number of hydrogen-bond donors (Lipinski definition) is 1. The predicted octanol–water partition coefficient (Wildman–Crippen LogP) is 3.19. The maximum Gasteiger partial charge on any atom is 0.246 e. The van der Waals surface area contributed by atoms with E-state index >= 15 is 0 Å². The summed E-state index contributed by atoms with van der Waals surface area (Å²) in [5, 5.41) is 7.31. The molecule has 5 rings (SSSR count). The molecule has 2 aromatic heterocycles. The predicted molar refractivity (Wildman–Crippen MR) is 104 cm³/mol. The summed E-state index contributed by atoms with van der Waals surface area (Å²) in [7, 11) is 0. The first-order valence-electron chi connectivity index (χ1n) is 8.62. The van der Waals surface area contributed by atoms with Gasteiger partial charge in [0.15, 0.2) is 5.65 Å². The second kappa shape index (κ2) is 6.17. The summed E-state index contributed by atoms with van der Waals surface area (Å²) < 4.78 is 1.75. The highest BCUT2D eigenvalue weighted by atomic mass is 16.1. The average Bonchev–Trinajstić information content (AvgIpc) is 3.06. The molecule has 0 saturated heterocycles. The second-order valence-electron chi connectivity index (χ2n) is 6.29. The fraction of sp³-hybridized carbons (Fsp3) is 0.0476. The zero-order valence-electron chi connectivity index (χ0n) is 14.3. The molecule has 130 valence electrons. The summed E-state index contributed by atoms with van der Waals surface area (Å²) in [6.45, 7) is 0.104. The molecule has 0 radical (unpaired) electrons. The number of aromatic nitrogens is 3. The number of nitrogens with zero attached hydrogens (tertiary/aromatic N) is 4. The third-order valence-corrected chi connectivity index (χ3v) is 4.57. The Labute approximate surface area is 155 Å². The number of amides is 1. The van der Waals surface area contributed by atoms with E-state index in [0.717, 1.165) is 39.3 Å². The highest BCUT2D eigenvalue weighted by Gasteiger charge is 2.19. The number of carbonyl (C=O) groups excluding carboxylic acids is 1. The average molecular weight is 353 g/mol. The number of carbonyl (C=O) groups is 1. The second-order valence-corrected chi connectivity index (χ2v) is 6.29. The van der Waals surface area contributed by atoms with Crippen LogP contribution in [0.1, 0.15) is 11.1 Å². The van der Waals surface area contributed by atoms with E-state index in [4.69, 9.17) is 0 Å². The van der Waals surface area contributed by atoms with E-state index < -0.39 is 0 Å². The van der Waals surface area contributed by atoms with Crippen molar-refractivity contribution in [1.29, 1.82) is 0 Å². The van der Waals surface area contributed by atoms with Crippen molar-refractivity contribution in [2.75, 3.05) is 11.9 Å². The van der Waals surface area contributed by atoms with Gasteiger partial charge in [-0.15, -0.1) is 0 Å². The van der Waals surface area contributed by atoms with Crippen LogP contribution in [0, 0.1) is 0 Å². The number of hydrogen-bond acceptors (Lipinski definition) is 4. The Hall–Kier alpha value is -3.80. The lowest BCUT2D eigenvalue weighted by Crippen LogP contribution is -2.13. The molecule has 0 aliphatic carbocycles. The van der Waals surface area contributed by atoms with E-state index in [2.05, 4.69) is 20.4 Å². The Morgan fingerprint density at radius 2 is 1.85 bits per heavy atom. The smallest absolute Gasteiger partial charge is 0.246 e. The molecule has 2 aromatic carbocycles. The van der Waals surface area contributed by atoms with Gasteiger partial charge in [0.1, 0.15) is 6.54 Å². The highest BCUT2D eigenvalue weighted by molar-refractivity contribution is 6.19. The fourth-order valence-electron chi connectivity index (χ4n) is 3.32. The van der Waals surface area contributed by atoms with Crippen molar-refractivity contribution < 1.29 is 4.79 Å². The van der Waals surface area contributed by atoms with Crippen LogP contribution in [0.3, 0.4) is 0 Å². The first-order valence-corrected chi connectivity index (χ1v) is 8.62. The van der Waals surface area contributed by atoms with Gasteiger partial charge in [-0.05, 0) is 23.8 Å². The van der Waals surface area contributed by atoms with Gasteiger partial charge in [0.05, 0.1) is 17.6 Å². The molecule has 4 aromatic rings. The van der Waals surface area contributed by atoms with Gasteiger partial charge in [0, 0.05) is 29.1 Å². The molecule has 0 spiro atoms. The molecular weight excluding hydrogens is 338 g/mol. The Balaban J connectivity index is 1.71. The molecule has 3 heterocycles. The summed E-state index contributed by atoms with van der Waals surface area (Å²) >= 11 is 0. The Morgan fingerprint density at radius 1 is 0.963 bits per heavy atom. The van der Waals surface area contributed by atoms with E-state index in [0.29, 0.717) is 0 Å². The quantitative estimate of drug-likeness (QED) is 0.602. The van der Waals surface area contributed by atoms with Crippen molar-refractivity contribution >= 4 is 23.0 Å². The molecule has 1 aliphatic heterocycles. The van der Waals surface area contributed by atoms with Crippen molar-refractivity contribution in [3.05, 3.63) is 84.3 Å². The summed E-state index contributed by atoms with van der Waals surface area (Å²) in [6.07, 6.45) is 5.42. The zero-order chi connectivity index (χ0) is 18.2. The normalized spacial score (nSPS) is 13.6. The van der Waals surface area contributed by atoms with Crippen LogP contribution in [0.5, 0.6) is 0 Å². The molecule has 6 heteroatoms. The van der Waals surface area contributed by atoms with E-state index in [-0.39, 0.29) is 12.5 Å². The SMILES string of the molecule is O=C1CN=C(c2ccccc2)c2cc(-c3cnn4cccnc34)ccc2N1. The number of nitrogens with one attached hydrogen (secondary N) is 1. The first-order chi connectivity index (χ1) is 13.3. The number of rotatable bonds is 2. The molecular formula is C21H15N5O. The van der Waals surface area contributed by atoms with Crippen LogP contribution >= 0.6 is 0 Å². The van der Waals surface area contributed by atoms with Crippen LogP contribution in [0.25, 0.3) is 16.8 Å². The van der Waals surface area contributed by atoms with Crippen LogP contribution in [-0.4, -0.2) is 32.8 Å². The van der Waals surface area contributed by atoms with Gasteiger partial charge < -0.3 is 5.32 Å². The molecule has 0 fully saturated rings. The molecule has 0 saturated carbocycles. The largest absolute Gasteiger partial charge is 0.324 e. The number of aliphatic imine (C=N–C) groups is 1. The molecule has 1 aliphatic rings. The standard InChI is InChI=1S/C21H15N5O/c27-19-13-23-20(14-5-2-1-3-6-14)16-11-15(7-8-18(16)25-19)17-12-24-26-10-4-9-22-21(17)26/h1-12H,13H2,(H,25,27). The summed E-state index contributed by atoms with van der Waals surface area (Å²) in [5.41, 5.74) is 6.12. The van der Waals surface area contributed by atoms with E-state index in [1.807, 2.05) is 60.8 Å². The van der Waals surface area contributed by atoms with Crippen molar-refractivity contribution in [1.82, 2.24) is 14.6 Å². The Kier molecular flexibility index (Phi) is 3.53. The fourth-order valence-corrected chi connectivity index (χ4v) is 3.32. The van der Waals surface area contributed by atoms with Crippen LogP contribution < -0.4 is 5.32 Å². The van der Waals surface area contributed by atoms with Crippen LogP contribution in [-0.2, 0) is 4.79 Å². The van der Waals surface area contributed by atoms with Crippen molar-refractivity contribution in [3.8, 4) is 11.1 Å². The minimum Gasteiger partial charge on any atom is -0.324 e. The molecule has 0 atom stereocenters. The molecule has 1 amide bonds. The molecule has 0 unspecified atom stereocenters. The monoisotopic (exact) mass is 353 g/mol. The van der Waals surface area contributed by atoms with Crippen LogP contribution in [0.15, 0.2) is 78.2 Å². The van der Waals surface area contributed by atoms with Crippen molar-refractivity contribution in [2.45, 2.75) is 0 Å². The highest BCUT2D eigenvalue weighted by Crippen LogP contribution is 2.30.